The molecule has 0 atom stereocenters. The highest BCUT2D eigenvalue weighted by Gasteiger charge is 2.18. The summed E-state index contributed by atoms with van der Waals surface area (Å²) in [7, 11) is 0. The maximum Gasteiger partial charge on any atom is 0.260 e. The van der Waals surface area contributed by atoms with Crippen molar-refractivity contribution in [3.63, 3.8) is 0 Å². The van der Waals surface area contributed by atoms with Crippen molar-refractivity contribution >= 4 is 23.3 Å². The van der Waals surface area contributed by atoms with E-state index in [1.807, 2.05) is 13.8 Å². The molecule has 6 heteroatoms. The summed E-state index contributed by atoms with van der Waals surface area (Å²) in [6.07, 6.45) is 1.48. The lowest BCUT2D eigenvalue weighted by atomic mass is 10.1. The molecule has 2 rings (SSSR count). The zero-order chi connectivity index (χ0) is 13.3. The minimum absolute atomic E-state index is 0.0876. The zero-order valence-electron chi connectivity index (χ0n) is 10.2. The summed E-state index contributed by atoms with van der Waals surface area (Å²) >= 11 is 5.65. The minimum Gasteiger partial charge on any atom is -0.466 e. The molecule has 18 heavy (non-hydrogen) atoms. The van der Waals surface area contributed by atoms with Gasteiger partial charge in [0.15, 0.2) is 0 Å². The van der Waals surface area contributed by atoms with Crippen LogP contribution in [-0.2, 0) is 0 Å². The smallest absolute Gasteiger partial charge is 0.260 e. The number of halogens is 1. The van der Waals surface area contributed by atoms with Gasteiger partial charge in [-0.05, 0) is 38.4 Å². The molecule has 1 amide bonds. The Hall–Kier alpha value is -1.88. The van der Waals surface area contributed by atoms with E-state index in [9.17, 15) is 4.79 Å². The van der Waals surface area contributed by atoms with Crippen LogP contribution in [0.2, 0.25) is 5.28 Å². The van der Waals surface area contributed by atoms with Crippen LogP contribution in [0.3, 0.4) is 0 Å². The van der Waals surface area contributed by atoms with Crippen molar-refractivity contribution in [3.05, 3.63) is 40.2 Å². The molecule has 0 fully saturated rings. The van der Waals surface area contributed by atoms with Crippen LogP contribution < -0.4 is 5.32 Å². The van der Waals surface area contributed by atoms with Gasteiger partial charge in [-0.25, -0.2) is 9.97 Å². The van der Waals surface area contributed by atoms with Gasteiger partial charge in [-0.1, -0.05) is 0 Å². The number of nitrogens with zero attached hydrogens (tertiary/aromatic N) is 2. The van der Waals surface area contributed by atoms with Crippen LogP contribution in [0.4, 0.5) is 5.82 Å². The second-order valence-electron chi connectivity index (χ2n) is 3.88. The third-order valence-electron chi connectivity index (χ3n) is 2.66. The van der Waals surface area contributed by atoms with Crippen molar-refractivity contribution in [3.8, 4) is 0 Å². The van der Waals surface area contributed by atoms with E-state index in [2.05, 4.69) is 15.3 Å². The molecule has 1 N–H and O–H groups in total. The zero-order valence-corrected chi connectivity index (χ0v) is 11.0. The first-order valence-electron chi connectivity index (χ1n) is 5.35. The maximum absolute atomic E-state index is 12.1. The molecule has 0 radical (unpaired) electrons. The Bertz CT molecular complexity index is 607. The second-order valence-corrected chi connectivity index (χ2v) is 4.22. The van der Waals surface area contributed by atoms with Gasteiger partial charge in [0, 0.05) is 11.8 Å². The van der Waals surface area contributed by atoms with Crippen LogP contribution in [0.1, 0.15) is 27.4 Å². The fourth-order valence-electron chi connectivity index (χ4n) is 1.71. The normalized spacial score (nSPS) is 10.4. The Morgan fingerprint density at radius 3 is 2.61 bits per heavy atom. The number of hydrogen-bond acceptors (Lipinski definition) is 4. The third-order valence-corrected chi connectivity index (χ3v) is 2.84. The number of carbonyl (C=O) groups is 1. The van der Waals surface area contributed by atoms with E-state index in [1.165, 1.54) is 6.20 Å². The predicted octanol–water partition coefficient (Wildman–Crippen LogP) is 2.90. The average molecular weight is 266 g/mol. The van der Waals surface area contributed by atoms with Gasteiger partial charge >= 0.3 is 0 Å². The van der Waals surface area contributed by atoms with Gasteiger partial charge in [-0.15, -0.1) is 0 Å². The minimum atomic E-state index is -0.267. The number of aromatic nitrogens is 2. The number of anilines is 1. The number of aryl methyl sites for hydroxylation is 2. The van der Waals surface area contributed by atoms with Gasteiger partial charge in [0.1, 0.15) is 17.3 Å². The van der Waals surface area contributed by atoms with E-state index in [0.717, 1.165) is 11.3 Å². The van der Waals surface area contributed by atoms with Crippen LogP contribution in [0.5, 0.6) is 0 Å². The van der Waals surface area contributed by atoms with Crippen LogP contribution in [-0.4, -0.2) is 15.9 Å². The molecule has 0 aromatic carbocycles. The first-order valence-corrected chi connectivity index (χ1v) is 5.73. The van der Waals surface area contributed by atoms with Crippen molar-refractivity contribution in [2.75, 3.05) is 5.32 Å². The van der Waals surface area contributed by atoms with Crippen LogP contribution in [0, 0.1) is 20.8 Å². The Labute approximate surface area is 109 Å². The molecule has 2 aromatic rings. The number of hydrogen-bond donors (Lipinski definition) is 1. The fraction of sp³-hybridized carbons (Fsp3) is 0.250. The van der Waals surface area contributed by atoms with Gasteiger partial charge < -0.3 is 9.73 Å². The summed E-state index contributed by atoms with van der Waals surface area (Å²) in [5.74, 6) is 1.41. The summed E-state index contributed by atoms with van der Waals surface area (Å²) in [6, 6.07) is 1.57. The largest absolute Gasteiger partial charge is 0.466 e. The van der Waals surface area contributed by atoms with Crippen LogP contribution >= 0.6 is 11.6 Å². The first kappa shape index (κ1) is 12.6. The van der Waals surface area contributed by atoms with Gasteiger partial charge in [-0.2, -0.15) is 0 Å². The third kappa shape index (κ3) is 2.36. The molecule has 0 bridgehead atoms. The Morgan fingerprint density at radius 2 is 2.06 bits per heavy atom. The molecule has 0 aliphatic carbocycles. The predicted molar refractivity (Wildman–Crippen MR) is 67.9 cm³/mol. The van der Waals surface area contributed by atoms with Crippen molar-refractivity contribution in [2.45, 2.75) is 20.8 Å². The van der Waals surface area contributed by atoms with E-state index in [0.29, 0.717) is 17.1 Å². The fourth-order valence-corrected chi connectivity index (χ4v) is 1.86. The maximum atomic E-state index is 12.1. The van der Waals surface area contributed by atoms with Crippen molar-refractivity contribution in [1.29, 1.82) is 0 Å². The molecule has 94 valence electrons. The molecule has 0 aliphatic heterocycles. The van der Waals surface area contributed by atoms with Crippen molar-refractivity contribution in [2.24, 2.45) is 0 Å². The summed E-state index contributed by atoms with van der Waals surface area (Å²) in [5.41, 5.74) is 1.35. The summed E-state index contributed by atoms with van der Waals surface area (Å²) in [5, 5.41) is 2.75. The highest BCUT2D eigenvalue weighted by atomic mass is 35.5. The molecule has 0 saturated carbocycles. The second kappa shape index (κ2) is 4.78. The Morgan fingerprint density at radius 1 is 1.33 bits per heavy atom. The molecule has 0 saturated heterocycles. The van der Waals surface area contributed by atoms with Crippen LogP contribution in [0.25, 0.3) is 0 Å². The van der Waals surface area contributed by atoms with Gasteiger partial charge in [0.05, 0.1) is 5.56 Å². The SMILES string of the molecule is Cc1oc(C)c(C(=O)Nc2ccnc(Cl)n2)c1C. The van der Waals surface area contributed by atoms with E-state index in [1.54, 1.807) is 13.0 Å². The summed E-state index contributed by atoms with van der Waals surface area (Å²) in [4.78, 5) is 19.7. The standard InChI is InChI=1S/C12H12ClN3O2/c1-6-7(2)18-8(3)10(6)11(17)15-9-4-5-14-12(13)16-9/h4-5H,1-3H3,(H,14,15,16,17). The Kier molecular flexibility index (Phi) is 3.34. The highest BCUT2D eigenvalue weighted by Crippen LogP contribution is 2.21. The lowest BCUT2D eigenvalue weighted by Gasteiger charge is -2.04. The van der Waals surface area contributed by atoms with Crippen molar-refractivity contribution < 1.29 is 9.21 Å². The lowest BCUT2D eigenvalue weighted by Crippen LogP contribution is -2.14. The number of carbonyl (C=O) groups excluding carboxylic acids is 1. The summed E-state index contributed by atoms with van der Waals surface area (Å²) in [6.45, 7) is 5.41. The van der Waals surface area contributed by atoms with Gasteiger partial charge in [0.25, 0.3) is 5.91 Å². The number of nitrogens with one attached hydrogen (secondary N) is 1. The van der Waals surface area contributed by atoms with E-state index in [-0.39, 0.29) is 11.2 Å². The summed E-state index contributed by atoms with van der Waals surface area (Å²) < 4.78 is 5.41. The molecule has 0 spiro atoms. The topological polar surface area (TPSA) is 68.0 Å². The van der Waals surface area contributed by atoms with Crippen LogP contribution in [0.15, 0.2) is 16.7 Å². The molecular weight excluding hydrogens is 254 g/mol. The first-order chi connectivity index (χ1) is 8.49. The number of furan rings is 1. The average Bonchev–Trinajstić information content (AvgIpc) is 2.53. The molecule has 2 aromatic heterocycles. The molecule has 0 aliphatic rings. The number of rotatable bonds is 2. The number of amides is 1. The molecule has 2 heterocycles. The van der Waals surface area contributed by atoms with E-state index >= 15 is 0 Å². The highest BCUT2D eigenvalue weighted by molar-refractivity contribution is 6.28. The molecule has 5 nitrogen and oxygen atoms in total. The molecular formula is C12H12ClN3O2. The van der Waals surface area contributed by atoms with E-state index < -0.39 is 0 Å². The molecule has 0 unspecified atom stereocenters. The van der Waals surface area contributed by atoms with Crippen molar-refractivity contribution in [1.82, 2.24) is 9.97 Å². The van der Waals surface area contributed by atoms with Gasteiger partial charge in [-0.3, -0.25) is 4.79 Å². The van der Waals surface area contributed by atoms with Gasteiger partial charge in [0.2, 0.25) is 5.28 Å². The quantitative estimate of drug-likeness (QED) is 0.848. The van der Waals surface area contributed by atoms with E-state index in [4.69, 9.17) is 16.0 Å². The monoisotopic (exact) mass is 265 g/mol. The Balaban J connectivity index is 2.27. The lowest BCUT2D eigenvalue weighted by molar-refractivity contribution is 0.102.